The second-order valence-corrected chi connectivity index (χ2v) is 5.08. The Morgan fingerprint density at radius 3 is 2.75 bits per heavy atom. The Hall–Kier alpha value is -3.23. The molecule has 0 fully saturated rings. The molecule has 24 heavy (non-hydrogen) atoms. The standard InChI is InChI=1S/C15H15N5O4/c1-8(21)11-12(9-5-4-6-10(7-9)23-2)16-15-17-18-19-20(15)13(11)14(22)24-3/h4-7,12H,1-3H3,(H,16,17,19)/t12-/m0/s1. The number of anilines is 1. The van der Waals surface area contributed by atoms with Crippen LogP contribution in [-0.2, 0) is 14.3 Å². The van der Waals surface area contributed by atoms with Gasteiger partial charge >= 0.3 is 5.97 Å². The summed E-state index contributed by atoms with van der Waals surface area (Å²) < 4.78 is 11.2. The van der Waals surface area contributed by atoms with Gasteiger partial charge in [-0.15, -0.1) is 0 Å². The Bertz CT molecular complexity index is 842. The summed E-state index contributed by atoms with van der Waals surface area (Å²) in [7, 11) is 2.79. The smallest absolute Gasteiger partial charge is 0.357 e. The molecule has 9 heteroatoms. The summed E-state index contributed by atoms with van der Waals surface area (Å²) >= 11 is 0. The fourth-order valence-corrected chi connectivity index (χ4v) is 2.61. The number of aromatic nitrogens is 4. The first-order valence-corrected chi connectivity index (χ1v) is 7.09. The van der Waals surface area contributed by atoms with Gasteiger partial charge in [-0.1, -0.05) is 17.2 Å². The Morgan fingerprint density at radius 1 is 1.29 bits per heavy atom. The molecule has 0 aliphatic carbocycles. The number of Topliss-reactive ketones (excluding diaryl/α,β-unsaturated/α-hetero) is 1. The van der Waals surface area contributed by atoms with Crippen LogP contribution in [-0.4, -0.2) is 46.2 Å². The summed E-state index contributed by atoms with van der Waals surface area (Å²) in [6, 6.07) is 6.56. The van der Waals surface area contributed by atoms with E-state index in [4.69, 9.17) is 9.47 Å². The maximum atomic E-state index is 12.3. The minimum atomic E-state index is -0.692. The van der Waals surface area contributed by atoms with Crippen molar-refractivity contribution in [3.63, 3.8) is 0 Å². The zero-order chi connectivity index (χ0) is 17.3. The molecule has 3 rings (SSSR count). The average Bonchev–Trinajstić information content (AvgIpc) is 3.07. The molecule has 1 atom stereocenters. The van der Waals surface area contributed by atoms with Crippen molar-refractivity contribution in [3.05, 3.63) is 35.4 Å². The summed E-state index contributed by atoms with van der Waals surface area (Å²) in [5, 5.41) is 14.2. The van der Waals surface area contributed by atoms with Crippen molar-refractivity contribution < 1.29 is 19.1 Å². The summed E-state index contributed by atoms with van der Waals surface area (Å²) in [5.74, 6) is -0.116. The van der Waals surface area contributed by atoms with Crippen molar-refractivity contribution >= 4 is 23.4 Å². The van der Waals surface area contributed by atoms with Crippen LogP contribution in [0.4, 0.5) is 5.95 Å². The maximum absolute atomic E-state index is 12.3. The maximum Gasteiger partial charge on any atom is 0.357 e. The number of ether oxygens (including phenoxy) is 2. The van der Waals surface area contributed by atoms with Crippen molar-refractivity contribution in [1.29, 1.82) is 0 Å². The van der Waals surface area contributed by atoms with Crippen molar-refractivity contribution in [1.82, 2.24) is 20.2 Å². The van der Waals surface area contributed by atoms with Crippen LogP contribution in [0.3, 0.4) is 0 Å². The van der Waals surface area contributed by atoms with Gasteiger partial charge in [0.25, 0.3) is 0 Å². The fourth-order valence-electron chi connectivity index (χ4n) is 2.61. The number of rotatable bonds is 4. The van der Waals surface area contributed by atoms with Gasteiger partial charge in [0.1, 0.15) is 5.75 Å². The Morgan fingerprint density at radius 2 is 2.08 bits per heavy atom. The first kappa shape index (κ1) is 15.7. The van der Waals surface area contributed by atoms with Gasteiger partial charge in [-0.2, -0.15) is 4.68 Å². The van der Waals surface area contributed by atoms with Crippen LogP contribution in [0.5, 0.6) is 5.75 Å². The third-order valence-corrected chi connectivity index (χ3v) is 3.68. The van der Waals surface area contributed by atoms with E-state index in [0.29, 0.717) is 5.75 Å². The number of ketones is 1. The Kier molecular flexibility index (Phi) is 3.98. The lowest BCUT2D eigenvalue weighted by Crippen LogP contribution is -2.30. The zero-order valence-electron chi connectivity index (χ0n) is 13.3. The lowest BCUT2D eigenvalue weighted by atomic mass is 9.92. The van der Waals surface area contributed by atoms with Crippen LogP contribution in [0.1, 0.15) is 18.5 Å². The average molecular weight is 329 g/mol. The van der Waals surface area contributed by atoms with Crippen LogP contribution in [0.25, 0.3) is 5.70 Å². The minimum absolute atomic E-state index is 0.00318. The second-order valence-electron chi connectivity index (χ2n) is 5.08. The third kappa shape index (κ3) is 2.49. The second kappa shape index (κ2) is 6.11. The monoisotopic (exact) mass is 329 g/mol. The zero-order valence-corrected chi connectivity index (χ0v) is 13.3. The number of carbonyl (C=O) groups is 2. The molecule has 1 aromatic carbocycles. The van der Waals surface area contributed by atoms with Crippen molar-refractivity contribution in [2.75, 3.05) is 19.5 Å². The van der Waals surface area contributed by atoms with E-state index in [9.17, 15) is 9.59 Å². The number of esters is 1. The van der Waals surface area contributed by atoms with Crippen LogP contribution in [0.15, 0.2) is 29.8 Å². The molecule has 0 radical (unpaired) electrons. The van der Waals surface area contributed by atoms with E-state index in [1.807, 2.05) is 6.07 Å². The van der Waals surface area contributed by atoms with E-state index >= 15 is 0 Å². The molecule has 124 valence electrons. The predicted octanol–water partition coefficient (Wildman–Crippen LogP) is 0.822. The minimum Gasteiger partial charge on any atom is -0.497 e. The van der Waals surface area contributed by atoms with E-state index in [0.717, 1.165) is 5.56 Å². The highest BCUT2D eigenvalue weighted by Crippen LogP contribution is 2.36. The fraction of sp³-hybridized carbons (Fsp3) is 0.267. The van der Waals surface area contributed by atoms with E-state index in [1.165, 1.54) is 18.7 Å². The largest absolute Gasteiger partial charge is 0.497 e. The quantitative estimate of drug-likeness (QED) is 0.821. The van der Waals surface area contributed by atoms with Crippen LogP contribution in [0, 0.1) is 0 Å². The number of methoxy groups -OCH3 is 2. The highest BCUT2D eigenvalue weighted by atomic mass is 16.5. The predicted molar refractivity (Wildman–Crippen MR) is 83.1 cm³/mol. The molecule has 0 unspecified atom stereocenters. The lowest BCUT2D eigenvalue weighted by molar-refractivity contribution is -0.134. The van der Waals surface area contributed by atoms with Gasteiger partial charge < -0.3 is 14.8 Å². The number of fused-ring (bicyclic) bond motifs is 1. The van der Waals surface area contributed by atoms with Gasteiger partial charge in [-0.3, -0.25) is 4.79 Å². The van der Waals surface area contributed by atoms with Crippen LogP contribution in [0.2, 0.25) is 0 Å². The Labute approximate surface area is 137 Å². The van der Waals surface area contributed by atoms with Crippen molar-refractivity contribution in [2.24, 2.45) is 0 Å². The van der Waals surface area contributed by atoms with Crippen LogP contribution < -0.4 is 10.1 Å². The lowest BCUT2D eigenvalue weighted by Gasteiger charge is -2.27. The number of nitrogens with zero attached hydrogens (tertiary/aromatic N) is 4. The molecule has 0 saturated carbocycles. The summed E-state index contributed by atoms with van der Waals surface area (Å²) in [4.78, 5) is 24.5. The number of hydrogen-bond donors (Lipinski definition) is 1. The summed E-state index contributed by atoms with van der Waals surface area (Å²) in [5.41, 5.74) is 0.946. The molecule has 0 bridgehead atoms. The summed E-state index contributed by atoms with van der Waals surface area (Å²) in [6.45, 7) is 1.38. The van der Waals surface area contributed by atoms with Gasteiger partial charge in [-0.25, -0.2) is 4.79 Å². The Balaban J connectivity index is 2.22. The molecule has 9 nitrogen and oxygen atoms in total. The highest BCUT2D eigenvalue weighted by molar-refractivity contribution is 6.20. The first-order valence-electron chi connectivity index (χ1n) is 7.09. The molecule has 1 aliphatic rings. The highest BCUT2D eigenvalue weighted by Gasteiger charge is 2.36. The number of benzene rings is 1. The van der Waals surface area contributed by atoms with Crippen molar-refractivity contribution in [2.45, 2.75) is 13.0 Å². The number of tetrazole rings is 1. The molecular formula is C15H15N5O4. The molecule has 0 spiro atoms. The van der Waals surface area contributed by atoms with Gasteiger partial charge in [0.05, 0.1) is 25.8 Å². The summed E-state index contributed by atoms with van der Waals surface area (Å²) in [6.07, 6.45) is 0. The molecule has 0 amide bonds. The van der Waals surface area contributed by atoms with Gasteiger partial charge in [0.2, 0.25) is 5.95 Å². The SMILES string of the molecule is COC(=O)C1=C(C(C)=O)[C@H](c2cccc(OC)c2)Nc2nnnn21. The van der Waals surface area contributed by atoms with Gasteiger partial charge in [0, 0.05) is 0 Å². The number of carbonyl (C=O) groups excluding carboxylic acids is 2. The topological polar surface area (TPSA) is 108 Å². The van der Waals surface area contributed by atoms with Gasteiger partial charge in [-0.05, 0) is 35.0 Å². The van der Waals surface area contributed by atoms with E-state index in [1.54, 1.807) is 25.3 Å². The number of hydrogen-bond acceptors (Lipinski definition) is 8. The first-order chi connectivity index (χ1) is 11.6. The van der Waals surface area contributed by atoms with Crippen molar-refractivity contribution in [3.8, 4) is 5.75 Å². The third-order valence-electron chi connectivity index (χ3n) is 3.68. The molecule has 2 heterocycles. The normalized spacial score (nSPS) is 16.2. The molecule has 0 saturated heterocycles. The van der Waals surface area contributed by atoms with E-state index in [2.05, 4.69) is 20.8 Å². The number of nitrogens with one attached hydrogen (secondary N) is 1. The van der Waals surface area contributed by atoms with E-state index in [-0.39, 0.29) is 23.0 Å². The van der Waals surface area contributed by atoms with Crippen LogP contribution >= 0.6 is 0 Å². The molecule has 1 aromatic heterocycles. The van der Waals surface area contributed by atoms with Gasteiger partial charge in [0.15, 0.2) is 11.5 Å². The molecule has 1 aliphatic heterocycles. The molecule has 2 aromatic rings. The van der Waals surface area contributed by atoms with E-state index < -0.39 is 12.0 Å². The molecular weight excluding hydrogens is 314 g/mol. The molecule has 1 N–H and O–H groups in total.